The molecule has 0 saturated heterocycles. The lowest BCUT2D eigenvalue weighted by molar-refractivity contribution is 0.990. The Labute approximate surface area is 147 Å². The molecule has 0 aliphatic rings. The molecule has 0 radical (unpaired) electrons. The molecule has 0 aromatic heterocycles. The highest BCUT2D eigenvalue weighted by molar-refractivity contribution is 7.98. The van der Waals surface area contributed by atoms with Crippen molar-refractivity contribution in [2.75, 3.05) is 17.6 Å². The fourth-order valence-electron chi connectivity index (χ4n) is 1.97. The summed E-state index contributed by atoms with van der Waals surface area (Å²) in [6.45, 7) is 0.829. The van der Waals surface area contributed by atoms with Gasteiger partial charge in [-0.05, 0) is 35.5 Å². The van der Waals surface area contributed by atoms with Crippen molar-refractivity contribution >= 4 is 34.8 Å². The second-order valence-corrected chi connectivity index (χ2v) is 6.46. The summed E-state index contributed by atoms with van der Waals surface area (Å²) in [7, 11) is 0. The van der Waals surface area contributed by atoms with Crippen molar-refractivity contribution in [1.29, 1.82) is 5.26 Å². The Kier molecular flexibility index (Phi) is 7.44. The minimum atomic E-state index is 0.432. The molecule has 3 nitrogen and oxygen atoms in total. The monoisotopic (exact) mass is 341 g/mol. The van der Waals surface area contributed by atoms with Crippen LogP contribution in [0, 0.1) is 11.3 Å². The Morgan fingerprint density at radius 2 is 1.78 bits per heavy atom. The van der Waals surface area contributed by atoms with Crippen LogP contribution in [-0.2, 0) is 12.2 Å². The van der Waals surface area contributed by atoms with Gasteiger partial charge >= 0.3 is 0 Å². The maximum Gasteiger partial charge on any atom is 0.170 e. The van der Waals surface area contributed by atoms with E-state index in [2.05, 4.69) is 41.0 Å². The Hall–Kier alpha value is -2.03. The SMILES string of the molecule is N#CCc1ccc(NC(=S)NCCSCc2ccccc2)cc1. The van der Waals surface area contributed by atoms with Crippen molar-refractivity contribution in [2.45, 2.75) is 12.2 Å². The first-order valence-electron chi connectivity index (χ1n) is 7.40. The largest absolute Gasteiger partial charge is 0.362 e. The van der Waals surface area contributed by atoms with Gasteiger partial charge in [-0.15, -0.1) is 0 Å². The van der Waals surface area contributed by atoms with Crippen molar-refractivity contribution in [2.24, 2.45) is 0 Å². The number of thioether (sulfide) groups is 1. The Bertz CT molecular complexity index is 648. The van der Waals surface area contributed by atoms with Gasteiger partial charge in [0, 0.05) is 23.7 Å². The van der Waals surface area contributed by atoms with Gasteiger partial charge in [-0.3, -0.25) is 0 Å². The highest BCUT2D eigenvalue weighted by atomic mass is 32.2. The van der Waals surface area contributed by atoms with Gasteiger partial charge in [-0.25, -0.2) is 0 Å². The molecule has 0 amide bonds. The van der Waals surface area contributed by atoms with Crippen LogP contribution in [-0.4, -0.2) is 17.4 Å². The minimum absolute atomic E-state index is 0.432. The zero-order chi connectivity index (χ0) is 16.3. The summed E-state index contributed by atoms with van der Waals surface area (Å²) in [4.78, 5) is 0. The summed E-state index contributed by atoms with van der Waals surface area (Å²) in [6, 6.07) is 20.3. The zero-order valence-corrected chi connectivity index (χ0v) is 14.4. The molecule has 0 aliphatic carbocycles. The molecule has 0 spiro atoms. The van der Waals surface area contributed by atoms with Crippen LogP contribution in [0.3, 0.4) is 0 Å². The van der Waals surface area contributed by atoms with Crippen LogP contribution in [0.25, 0.3) is 0 Å². The van der Waals surface area contributed by atoms with E-state index in [1.165, 1.54) is 5.56 Å². The maximum absolute atomic E-state index is 8.65. The number of nitriles is 1. The molecule has 0 unspecified atom stereocenters. The van der Waals surface area contributed by atoms with Crippen molar-refractivity contribution < 1.29 is 0 Å². The second-order valence-electron chi connectivity index (χ2n) is 4.95. The van der Waals surface area contributed by atoms with Crippen molar-refractivity contribution in [1.82, 2.24) is 5.32 Å². The van der Waals surface area contributed by atoms with Crippen LogP contribution in [0.2, 0.25) is 0 Å². The van der Waals surface area contributed by atoms with Gasteiger partial charge in [0.15, 0.2) is 5.11 Å². The van der Waals surface area contributed by atoms with Crippen LogP contribution in [0.1, 0.15) is 11.1 Å². The fourth-order valence-corrected chi connectivity index (χ4v) is 3.01. The van der Waals surface area contributed by atoms with E-state index in [0.29, 0.717) is 11.5 Å². The molecule has 0 fully saturated rings. The first kappa shape index (κ1) is 17.3. The Morgan fingerprint density at radius 3 is 2.48 bits per heavy atom. The molecule has 2 aromatic carbocycles. The number of hydrogen-bond donors (Lipinski definition) is 2. The predicted molar refractivity (Wildman–Crippen MR) is 103 cm³/mol. The summed E-state index contributed by atoms with van der Waals surface area (Å²) >= 11 is 7.16. The molecule has 0 heterocycles. The van der Waals surface area contributed by atoms with Gasteiger partial charge in [0.2, 0.25) is 0 Å². The van der Waals surface area contributed by atoms with E-state index >= 15 is 0 Å². The summed E-state index contributed by atoms with van der Waals surface area (Å²) < 4.78 is 0. The van der Waals surface area contributed by atoms with Gasteiger partial charge in [0.25, 0.3) is 0 Å². The fraction of sp³-hybridized carbons (Fsp3) is 0.222. The molecule has 5 heteroatoms. The molecular formula is C18H19N3S2. The molecule has 0 bridgehead atoms. The summed E-state index contributed by atoms with van der Waals surface area (Å²) in [5.74, 6) is 2.01. The number of rotatable bonds is 7. The lowest BCUT2D eigenvalue weighted by atomic mass is 10.1. The molecule has 0 saturated carbocycles. The second kappa shape index (κ2) is 9.88. The standard InChI is InChI=1S/C18H19N3S2/c19-11-10-15-6-8-17(9-7-15)21-18(22)20-12-13-23-14-16-4-2-1-3-5-16/h1-9H,10,12-14H2,(H2,20,21,22). The highest BCUT2D eigenvalue weighted by Gasteiger charge is 1.98. The molecule has 0 aliphatic heterocycles. The molecule has 23 heavy (non-hydrogen) atoms. The molecule has 2 N–H and O–H groups in total. The topological polar surface area (TPSA) is 47.9 Å². The molecule has 0 atom stereocenters. The van der Waals surface area contributed by atoms with Gasteiger partial charge in [0.05, 0.1) is 12.5 Å². The number of benzene rings is 2. The van der Waals surface area contributed by atoms with E-state index in [-0.39, 0.29) is 0 Å². The van der Waals surface area contributed by atoms with E-state index in [1.54, 1.807) is 0 Å². The number of thiocarbonyl (C=S) groups is 1. The highest BCUT2D eigenvalue weighted by Crippen LogP contribution is 2.11. The number of nitrogens with zero attached hydrogens (tertiary/aromatic N) is 1. The normalized spacial score (nSPS) is 9.87. The predicted octanol–water partition coefficient (Wildman–Crippen LogP) is 3.97. The van der Waals surface area contributed by atoms with Gasteiger partial charge in [-0.2, -0.15) is 17.0 Å². The van der Waals surface area contributed by atoms with Crippen LogP contribution in [0.15, 0.2) is 54.6 Å². The van der Waals surface area contributed by atoms with E-state index in [1.807, 2.05) is 42.1 Å². The quantitative estimate of drug-likeness (QED) is 0.589. The first-order chi connectivity index (χ1) is 11.3. The Morgan fingerprint density at radius 1 is 1.04 bits per heavy atom. The number of hydrogen-bond acceptors (Lipinski definition) is 3. The van der Waals surface area contributed by atoms with Crippen LogP contribution >= 0.6 is 24.0 Å². The summed E-state index contributed by atoms with van der Waals surface area (Å²) in [6.07, 6.45) is 0.432. The molecule has 2 rings (SSSR count). The van der Waals surface area contributed by atoms with Gasteiger partial charge < -0.3 is 10.6 Å². The summed E-state index contributed by atoms with van der Waals surface area (Å²) in [5.41, 5.74) is 3.28. The minimum Gasteiger partial charge on any atom is -0.362 e. The smallest absolute Gasteiger partial charge is 0.170 e. The third kappa shape index (κ3) is 6.72. The van der Waals surface area contributed by atoms with Crippen molar-refractivity contribution in [3.8, 4) is 6.07 Å². The van der Waals surface area contributed by atoms with E-state index in [9.17, 15) is 0 Å². The van der Waals surface area contributed by atoms with E-state index < -0.39 is 0 Å². The van der Waals surface area contributed by atoms with Gasteiger partial charge in [0.1, 0.15) is 0 Å². The average Bonchev–Trinajstić information content (AvgIpc) is 2.57. The lowest BCUT2D eigenvalue weighted by Crippen LogP contribution is -2.30. The van der Waals surface area contributed by atoms with Crippen LogP contribution < -0.4 is 10.6 Å². The van der Waals surface area contributed by atoms with E-state index in [0.717, 1.165) is 29.3 Å². The first-order valence-corrected chi connectivity index (χ1v) is 8.96. The molecule has 2 aromatic rings. The third-order valence-electron chi connectivity index (χ3n) is 3.14. The van der Waals surface area contributed by atoms with Crippen molar-refractivity contribution in [3.05, 3.63) is 65.7 Å². The van der Waals surface area contributed by atoms with Crippen LogP contribution in [0.5, 0.6) is 0 Å². The number of anilines is 1. The average molecular weight is 342 g/mol. The lowest BCUT2D eigenvalue weighted by Gasteiger charge is -2.10. The van der Waals surface area contributed by atoms with Crippen LogP contribution in [0.4, 0.5) is 5.69 Å². The molecular weight excluding hydrogens is 322 g/mol. The zero-order valence-electron chi connectivity index (χ0n) is 12.8. The summed E-state index contributed by atoms with van der Waals surface area (Å²) in [5, 5.41) is 15.6. The van der Waals surface area contributed by atoms with Gasteiger partial charge in [-0.1, -0.05) is 42.5 Å². The van der Waals surface area contributed by atoms with E-state index in [4.69, 9.17) is 17.5 Å². The number of nitrogens with one attached hydrogen (secondary N) is 2. The molecule has 118 valence electrons. The van der Waals surface area contributed by atoms with Crippen molar-refractivity contribution in [3.63, 3.8) is 0 Å². The Balaban J connectivity index is 1.62. The maximum atomic E-state index is 8.65. The third-order valence-corrected chi connectivity index (χ3v) is 4.42.